The summed E-state index contributed by atoms with van der Waals surface area (Å²) in [5, 5.41) is 5.80. The van der Waals surface area contributed by atoms with Crippen LogP contribution in [0, 0.1) is 0 Å². The summed E-state index contributed by atoms with van der Waals surface area (Å²) in [4.78, 5) is 1.46. The molecule has 1 aromatic heterocycles. The summed E-state index contributed by atoms with van der Waals surface area (Å²) in [6, 6.07) is 11.2. The Morgan fingerprint density at radius 1 is 1.33 bits per heavy atom. The van der Waals surface area contributed by atoms with Gasteiger partial charge in [0.2, 0.25) is 0 Å². The van der Waals surface area contributed by atoms with Crippen LogP contribution in [0.5, 0.6) is 0 Å². The quantitative estimate of drug-likeness (QED) is 0.827. The Bertz CT molecular complexity index is 519. The van der Waals surface area contributed by atoms with Gasteiger partial charge in [-0.05, 0) is 54.0 Å². The second-order valence-electron chi connectivity index (χ2n) is 4.83. The molecule has 1 aliphatic carbocycles. The number of hydrogen-bond acceptors (Lipinski definition) is 3. The SMILES string of the molecule is Nc1ccc2c(c1)CCC2NCCc1cccs1. The molecular formula is C15H18N2S. The van der Waals surface area contributed by atoms with Gasteiger partial charge in [0.25, 0.3) is 0 Å². The largest absolute Gasteiger partial charge is 0.399 e. The molecule has 1 unspecified atom stereocenters. The van der Waals surface area contributed by atoms with Crippen molar-refractivity contribution in [3.05, 3.63) is 51.7 Å². The maximum atomic E-state index is 5.82. The lowest BCUT2D eigenvalue weighted by molar-refractivity contribution is 0.535. The number of nitrogens with two attached hydrogens (primary N) is 1. The first-order valence-corrected chi connectivity index (χ1v) is 7.35. The van der Waals surface area contributed by atoms with Gasteiger partial charge in [0.05, 0.1) is 0 Å². The zero-order valence-electron chi connectivity index (χ0n) is 10.4. The molecule has 0 saturated heterocycles. The highest BCUT2D eigenvalue weighted by atomic mass is 32.1. The number of rotatable bonds is 4. The second kappa shape index (κ2) is 5.12. The normalized spacial score (nSPS) is 17.9. The van der Waals surface area contributed by atoms with Crippen molar-refractivity contribution in [2.45, 2.75) is 25.3 Å². The van der Waals surface area contributed by atoms with Crippen LogP contribution in [0.2, 0.25) is 0 Å². The Labute approximate surface area is 112 Å². The first-order valence-electron chi connectivity index (χ1n) is 6.47. The van der Waals surface area contributed by atoms with Crippen LogP contribution in [-0.2, 0) is 12.8 Å². The molecule has 3 rings (SSSR count). The molecule has 0 bridgehead atoms. The minimum Gasteiger partial charge on any atom is -0.399 e. The highest BCUT2D eigenvalue weighted by Crippen LogP contribution is 2.32. The Morgan fingerprint density at radius 3 is 3.11 bits per heavy atom. The molecule has 1 aromatic carbocycles. The lowest BCUT2D eigenvalue weighted by Crippen LogP contribution is -2.21. The smallest absolute Gasteiger partial charge is 0.0326 e. The summed E-state index contributed by atoms with van der Waals surface area (Å²) < 4.78 is 0. The van der Waals surface area contributed by atoms with E-state index in [4.69, 9.17) is 5.73 Å². The van der Waals surface area contributed by atoms with Crippen molar-refractivity contribution in [2.75, 3.05) is 12.3 Å². The Balaban J connectivity index is 1.59. The Morgan fingerprint density at radius 2 is 2.28 bits per heavy atom. The monoisotopic (exact) mass is 258 g/mol. The molecule has 1 heterocycles. The number of nitrogen functional groups attached to an aromatic ring is 1. The van der Waals surface area contributed by atoms with E-state index in [9.17, 15) is 0 Å². The van der Waals surface area contributed by atoms with Crippen molar-refractivity contribution in [3.8, 4) is 0 Å². The van der Waals surface area contributed by atoms with Gasteiger partial charge < -0.3 is 11.1 Å². The van der Waals surface area contributed by atoms with Crippen molar-refractivity contribution in [1.82, 2.24) is 5.32 Å². The molecule has 3 N–H and O–H groups in total. The van der Waals surface area contributed by atoms with Gasteiger partial charge in [-0.15, -0.1) is 11.3 Å². The molecule has 0 aliphatic heterocycles. The van der Waals surface area contributed by atoms with Gasteiger partial charge >= 0.3 is 0 Å². The van der Waals surface area contributed by atoms with Crippen molar-refractivity contribution in [2.24, 2.45) is 0 Å². The standard InChI is InChI=1S/C15H18N2S/c16-12-4-5-14-11(10-12)3-6-15(14)17-8-7-13-2-1-9-18-13/h1-2,4-5,9-10,15,17H,3,6-8,16H2. The van der Waals surface area contributed by atoms with Gasteiger partial charge in [0.1, 0.15) is 0 Å². The number of hydrogen-bond donors (Lipinski definition) is 2. The second-order valence-corrected chi connectivity index (χ2v) is 5.87. The number of nitrogens with one attached hydrogen (secondary N) is 1. The fourth-order valence-electron chi connectivity index (χ4n) is 2.67. The third-order valence-electron chi connectivity index (χ3n) is 3.59. The summed E-state index contributed by atoms with van der Waals surface area (Å²) >= 11 is 1.84. The topological polar surface area (TPSA) is 38.0 Å². The minimum absolute atomic E-state index is 0.514. The highest BCUT2D eigenvalue weighted by Gasteiger charge is 2.21. The molecule has 0 spiro atoms. The predicted octanol–water partition coefficient (Wildman–Crippen LogP) is 3.15. The summed E-state index contributed by atoms with van der Waals surface area (Å²) in [5.74, 6) is 0. The Kier molecular flexibility index (Phi) is 3.35. The van der Waals surface area contributed by atoms with Crippen LogP contribution in [0.15, 0.2) is 35.7 Å². The van der Waals surface area contributed by atoms with Gasteiger partial charge in [-0.25, -0.2) is 0 Å². The fraction of sp³-hybridized carbons (Fsp3) is 0.333. The van der Waals surface area contributed by atoms with E-state index in [1.807, 2.05) is 17.4 Å². The lowest BCUT2D eigenvalue weighted by Gasteiger charge is -2.13. The molecule has 18 heavy (non-hydrogen) atoms. The van der Waals surface area contributed by atoms with Gasteiger partial charge in [-0.1, -0.05) is 12.1 Å². The van der Waals surface area contributed by atoms with Crippen molar-refractivity contribution in [3.63, 3.8) is 0 Å². The zero-order valence-corrected chi connectivity index (χ0v) is 11.2. The van der Waals surface area contributed by atoms with E-state index in [1.165, 1.54) is 22.4 Å². The number of aryl methyl sites for hydroxylation is 1. The maximum absolute atomic E-state index is 5.82. The van der Waals surface area contributed by atoms with E-state index < -0.39 is 0 Å². The molecule has 0 radical (unpaired) electrons. The summed E-state index contributed by atoms with van der Waals surface area (Å²) in [7, 11) is 0. The number of thiophene rings is 1. The van der Waals surface area contributed by atoms with E-state index in [2.05, 4.69) is 35.0 Å². The lowest BCUT2D eigenvalue weighted by atomic mass is 10.1. The summed E-state index contributed by atoms with van der Waals surface area (Å²) in [6.07, 6.45) is 3.47. The average molecular weight is 258 g/mol. The van der Waals surface area contributed by atoms with Crippen LogP contribution >= 0.6 is 11.3 Å². The van der Waals surface area contributed by atoms with Crippen LogP contribution in [0.1, 0.15) is 28.5 Å². The predicted molar refractivity (Wildman–Crippen MR) is 77.9 cm³/mol. The average Bonchev–Trinajstić information content (AvgIpc) is 2.99. The fourth-order valence-corrected chi connectivity index (χ4v) is 3.38. The summed E-state index contributed by atoms with van der Waals surface area (Å²) in [5.41, 5.74) is 9.56. The van der Waals surface area contributed by atoms with Crippen molar-refractivity contribution < 1.29 is 0 Å². The van der Waals surface area contributed by atoms with Gasteiger partial charge in [-0.2, -0.15) is 0 Å². The van der Waals surface area contributed by atoms with Crippen LogP contribution in [0.4, 0.5) is 5.69 Å². The molecule has 1 aliphatic rings. The van der Waals surface area contributed by atoms with Gasteiger partial charge in [-0.3, -0.25) is 0 Å². The number of benzene rings is 1. The third-order valence-corrected chi connectivity index (χ3v) is 4.52. The van der Waals surface area contributed by atoms with E-state index in [0.717, 1.165) is 25.1 Å². The summed E-state index contributed by atoms with van der Waals surface area (Å²) in [6.45, 7) is 1.05. The molecular weight excluding hydrogens is 240 g/mol. The van der Waals surface area contributed by atoms with E-state index in [1.54, 1.807) is 0 Å². The molecule has 2 aromatic rings. The third kappa shape index (κ3) is 2.42. The molecule has 3 heteroatoms. The molecule has 0 saturated carbocycles. The van der Waals surface area contributed by atoms with Gasteiger partial charge in [0.15, 0.2) is 0 Å². The molecule has 0 amide bonds. The highest BCUT2D eigenvalue weighted by molar-refractivity contribution is 7.09. The Hall–Kier alpha value is -1.32. The van der Waals surface area contributed by atoms with Crippen LogP contribution in [0.25, 0.3) is 0 Å². The molecule has 1 atom stereocenters. The molecule has 0 fully saturated rings. The number of anilines is 1. The van der Waals surface area contributed by atoms with E-state index in [-0.39, 0.29) is 0 Å². The zero-order chi connectivity index (χ0) is 12.4. The first-order chi connectivity index (χ1) is 8.83. The molecule has 2 nitrogen and oxygen atoms in total. The van der Waals surface area contributed by atoms with Crippen LogP contribution < -0.4 is 11.1 Å². The van der Waals surface area contributed by atoms with Crippen LogP contribution in [-0.4, -0.2) is 6.54 Å². The number of fused-ring (bicyclic) bond motifs is 1. The maximum Gasteiger partial charge on any atom is 0.0326 e. The minimum atomic E-state index is 0.514. The van der Waals surface area contributed by atoms with Crippen LogP contribution in [0.3, 0.4) is 0 Å². The first kappa shape index (κ1) is 11.8. The van der Waals surface area contributed by atoms with Crippen molar-refractivity contribution >= 4 is 17.0 Å². The van der Waals surface area contributed by atoms with E-state index >= 15 is 0 Å². The van der Waals surface area contributed by atoms with Gasteiger partial charge in [0, 0.05) is 23.2 Å². The molecule has 94 valence electrons. The van der Waals surface area contributed by atoms with E-state index in [0.29, 0.717) is 6.04 Å². The van der Waals surface area contributed by atoms with Crippen molar-refractivity contribution in [1.29, 1.82) is 0 Å².